The number of alkyl halides is 6. The van der Waals surface area contributed by atoms with E-state index in [4.69, 9.17) is 0 Å². The second-order valence-corrected chi connectivity index (χ2v) is 6.22. The van der Waals surface area contributed by atoms with Crippen molar-refractivity contribution in [1.82, 2.24) is 0 Å². The molecule has 0 spiro atoms. The molecule has 0 atom stereocenters. The van der Waals surface area contributed by atoms with E-state index in [0.29, 0.717) is 25.7 Å². The van der Waals surface area contributed by atoms with Crippen molar-refractivity contribution < 1.29 is 39.9 Å². The van der Waals surface area contributed by atoms with Crippen molar-refractivity contribution in [2.24, 2.45) is 5.92 Å². The SMILES string of the molecule is Fc1cc([C@H]2CC[C@H](C=CCC(F)(F)F)CC2)cc(F)c1OC(F)(F)F. The molecular formula is C17H16F8O. The molecule has 1 nitrogen and oxygen atoms in total. The van der Waals surface area contributed by atoms with Crippen LogP contribution in [0, 0.1) is 17.6 Å². The second kappa shape index (κ2) is 7.84. The first kappa shape index (κ1) is 20.5. The monoisotopic (exact) mass is 388 g/mol. The van der Waals surface area contributed by atoms with E-state index < -0.39 is 36.3 Å². The van der Waals surface area contributed by atoms with Crippen LogP contribution < -0.4 is 4.74 Å². The Labute approximate surface area is 144 Å². The molecule has 0 N–H and O–H groups in total. The van der Waals surface area contributed by atoms with E-state index >= 15 is 0 Å². The Morgan fingerprint density at radius 3 is 1.92 bits per heavy atom. The number of halogens is 8. The van der Waals surface area contributed by atoms with Gasteiger partial charge in [-0.05, 0) is 55.2 Å². The summed E-state index contributed by atoms with van der Waals surface area (Å²) in [5.74, 6) is -4.71. The zero-order valence-corrected chi connectivity index (χ0v) is 13.4. The summed E-state index contributed by atoms with van der Waals surface area (Å²) in [5.41, 5.74) is 0.215. The molecule has 146 valence electrons. The fourth-order valence-electron chi connectivity index (χ4n) is 3.07. The van der Waals surface area contributed by atoms with Crippen LogP contribution in [-0.4, -0.2) is 12.5 Å². The van der Waals surface area contributed by atoms with Gasteiger partial charge >= 0.3 is 12.5 Å². The molecule has 9 heteroatoms. The van der Waals surface area contributed by atoms with Crippen molar-refractivity contribution in [2.45, 2.75) is 50.6 Å². The lowest BCUT2D eigenvalue weighted by Crippen LogP contribution is -2.19. The second-order valence-electron chi connectivity index (χ2n) is 6.22. The predicted octanol–water partition coefficient (Wildman–Crippen LogP) is 6.65. The molecule has 0 amide bonds. The molecule has 0 unspecified atom stereocenters. The zero-order valence-electron chi connectivity index (χ0n) is 13.4. The Morgan fingerprint density at radius 1 is 0.923 bits per heavy atom. The van der Waals surface area contributed by atoms with Crippen molar-refractivity contribution in [2.75, 3.05) is 0 Å². The smallest absolute Gasteiger partial charge is 0.399 e. The number of benzene rings is 1. The van der Waals surface area contributed by atoms with Gasteiger partial charge in [0.15, 0.2) is 11.6 Å². The lowest BCUT2D eigenvalue weighted by atomic mass is 9.78. The third-order valence-electron chi connectivity index (χ3n) is 4.24. The van der Waals surface area contributed by atoms with Gasteiger partial charge in [-0.2, -0.15) is 13.2 Å². The minimum Gasteiger partial charge on any atom is -0.399 e. The van der Waals surface area contributed by atoms with Gasteiger partial charge in [-0.1, -0.05) is 12.2 Å². The molecule has 1 fully saturated rings. The molecule has 0 radical (unpaired) electrons. The van der Waals surface area contributed by atoms with Gasteiger partial charge in [0.1, 0.15) is 0 Å². The molecule has 1 aliphatic carbocycles. The molecule has 0 aliphatic heterocycles. The van der Waals surface area contributed by atoms with Crippen LogP contribution in [0.2, 0.25) is 0 Å². The highest BCUT2D eigenvalue weighted by Gasteiger charge is 2.34. The van der Waals surface area contributed by atoms with Gasteiger partial charge in [-0.3, -0.25) is 0 Å². The van der Waals surface area contributed by atoms with Crippen LogP contribution in [-0.2, 0) is 0 Å². The zero-order chi connectivity index (χ0) is 19.5. The minimum atomic E-state index is -5.20. The number of allylic oxidation sites excluding steroid dienone is 2. The normalized spacial score (nSPS) is 22.0. The Kier molecular flexibility index (Phi) is 6.18. The molecule has 1 saturated carbocycles. The summed E-state index contributed by atoms with van der Waals surface area (Å²) in [4.78, 5) is 0. The van der Waals surface area contributed by atoms with E-state index in [1.165, 1.54) is 6.08 Å². The highest BCUT2D eigenvalue weighted by Crippen LogP contribution is 2.39. The van der Waals surface area contributed by atoms with E-state index in [1.54, 1.807) is 0 Å². The molecular weight excluding hydrogens is 372 g/mol. The van der Waals surface area contributed by atoms with E-state index in [2.05, 4.69) is 4.74 Å². The van der Waals surface area contributed by atoms with Crippen LogP contribution in [0.5, 0.6) is 5.75 Å². The first-order chi connectivity index (χ1) is 11.9. The maximum absolute atomic E-state index is 13.8. The fraction of sp³-hybridized carbons (Fsp3) is 0.529. The summed E-state index contributed by atoms with van der Waals surface area (Å²) in [6.45, 7) is 0. The van der Waals surface area contributed by atoms with Crippen LogP contribution in [0.15, 0.2) is 24.3 Å². The maximum Gasteiger partial charge on any atom is 0.573 e. The van der Waals surface area contributed by atoms with Crippen LogP contribution in [0.4, 0.5) is 35.1 Å². The summed E-state index contributed by atoms with van der Waals surface area (Å²) >= 11 is 0. The number of hydrogen-bond donors (Lipinski definition) is 0. The average molecular weight is 388 g/mol. The maximum atomic E-state index is 13.8. The summed E-state index contributed by atoms with van der Waals surface area (Å²) in [5, 5.41) is 0. The Morgan fingerprint density at radius 2 is 1.46 bits per heavy atom. The molecule has 0 bridgehead atoms. The highest BCUT2D eigenvalue weighted by atomic mass is 19.4. The number of hydrogen-bond acceptors (Lipinski definition) is 1. The van der Waals surface area contributed by atoms with Crippen molar-refractivity contribution in [1.29, 1.82) is 0 Å². The van der Waals surface area contributed by atoms with Gasteiger partial charge in [-0.25, -0.2) is 8.78 Å². The van der Waals surface area contributed by atoms with E-state index in [-0.39, 0.29) is 17.4 Å². The molecule has 0 saturated heterocycles. The summed E-state index contributed by atoms with van der Waals surface area (Å²) in [6.07, 6.45) is -5.92. The third kappa shape index (κ3) is 6.17. The fourth-order valence-corrected chi connectivity index (χ4v) is 3.07. The molecule has 1 aliphatic rings. The molecule has 26 heavy (non-hydrogen) atoms. The number of rotatable bonds is 4. The van der Waals surface area contributed by atoms with Gasteiger partial charge in [0.05, 0.1) is 6.42 Å². The summed E-state index contributed by atoms with van der Waals surface area (Å²) < 4.78 is 104. The molecule has 0 heterocycles. The quantitative estimate of drug-likeness (QED) is 0.415. The third-order valence-corrected chi connectivity index (χ3v) is 4.24. The van der Waals surface area contributed by atoms with E-state index in [0.717, 1.165) is 18.2 Å². The van der Waals surface area contributed by atoms with Gasteiger partial charge < -0.3 is 4.74 Å². The Hall–Kier alpha value is -1.80. The molecule has 1 aromatic rings. The van der Waals surface area contributed by atoms with Crippen molar-refractivity contribution >= 4 is 0 Å². The lowest BCUT2D eigenvalue weighted by molar-refractivity contribution is -0.276. The van der Waals surface area contributed by atoms with E-state index in [9.17, 15) is 35.1 Å². The summed E-state index contributed by atoms with van der Waals surface area (Å²) in [7, 11) is 0. The highest BCUT2D eigenvalue weighted by molar-refractivity contribution is 5.33. The Balaban J connectivity index is 1.99. The Bertz CT molecular complexity index is 616. The molecule has 0 aromatic heterocycles. The van der Waals surface area contributed by atoms with Crippen LogP contribution in [0.1, 0.15) is 43.6 Å². The average Bonchev–Trinajstić information content (AvgIpc) is 2.49. The van der Waals surface area contributed by atoms with Crippen LogP contribution >= 0.6 is 0 Å². The minimum absolute atomic E-state index is 0.0591. The molecule has 2 rings (SSSR count). The first-order valence-electron chi connectivity index (χ1n) is 7.92. The van der Waals surface area contributed by atoms with Crippen molar-refractivity contribution in [3.05, 3.63) is 41.5 Å². The van der Waals surface area contributed by atoms with Crippen molar-refractivity contribution in [3.8, 4) is 5.75 Å². The lowest BCUT2D eigenvalue weighted by Gasteiger charge is -2.27. The predicted molar refractivity (Wildman–Crippen MR) is 77.6 cm³/mol. The van der Waals surface area contributed by atoms with Crippen LogP contribution in [0.25, 0.3) is 0 Å². The molecule has 1 aromatic carbocycles. The largest absolute Gasteiger partial charge is 0.573 e. The number of ether oxygens (including phenoxy) is 1. The summed E-state index contributed by atoms with van der Waals surface area (Å²) in [6, 6.07) is 1.63. The topological polar surface area (TPSA) is 9.23 Å². The first-order valence-corrected chi connectivity index (χ1v) is 7.92. The standard InChI is InChI=1S/C17H16F8O/c18-13-8-12(9-14(19)15(13)26-17(23,24)25)11-5-3-10(4-6-11)2-1-7-16(20,21)22/h1-2,8-11H,3-7H2/t10-,11-. The van der Waals surface area contributed by atoms with E-state index in [1.807, 2.05) is 0 Å². The van der Waals surface area contributed by atoms with Gasteiger partial charge in [0.2, 0.25) is 5.75 Å². The van der Waals surface area contributed by atoms with Crippen LogP contribution in [0.3, 0.4) is 0 Å². The van der Waals surface area contributed by atoms with Gasteiger partial charge in [-0.15, -0.1) is 13.2 Å². The van der Waals surface area contributed by atoms with Crippen molar-refractivity contribution in [3.63, 3.8) is 0 Å². The van der Waals surface area contributed by atoms with Gasteiger partial charge in [0.25, 0.3) is 0 Å². The van der Waals surface area contributed by atoms with Gasteiger partial charge in [0, 0.05) is 0 Å².